The van der Waals surface area contributed by atoms with Crippen LogP contribution in [0.15, 0.2) is 24.3 Å². The third kappa shape index (κ3) is 5.05. The molecular weight excluding hydrogens is 264 g/mol. The Morgan fingerprint density at radius 3 is 2.38 bits per heavy atom. The van der Waals surface area contributed by atoms with Crippen LogP contribution in [0.25, 0.3) is 0 Å². The molecule has 0 aliphatic carbocycles. The molecule has 116 valence electrons. The molecule has 4 nitrogen and oxygen atoms in total. The van der Waals surface area contributed by atoms with Crippen molar-refractivity contribution in [2.75, 3.05) is 25.1 Å². The molecule has 0 unspecified atom stereocenters. The first-order valence-corrected chi connectivity index (χ1v) is 7.67. The van der Waals surface area contributed by atoms with Crippen molar-refractivity contribution in [3.63, 3.8) is 0 Å². The fourth-order valence-electron chi connectivity index (χ4n) is 2.39. The molecule has 4 heteroatoms. The number of rotatable bonds is 4. The Morgan fingerprint density at radius 1 is 1.19 bits per heavy atom. The SMILES string of the molecule is CC(C)(C)c1ccc(NCC(=O)NC2CCOCC2)cc1. The molecule has 1 aliphatic heterocycles. The maximum absolute atomic E-state index is 11.9. The van der Waals surface area contributed by atoms with Gasteiger partial charge in [-0.3, -0.25) is 4.79 Å². The fraction of sp³-hybridized carbons (Fsp3) is 0.588. The second kappa shape index (κ2) is 6.94. The molecule has 1 aromatic rings. The number of nitrogens with one attached hydrogen (secondary N) is 2. The van der Waals surface area contributed by atoms with Gasteiger partial charge in [0.1, 0.15) is 0 Å². The first kappa shape index (κ1) is 15.8. The number of hydrogen-bond acceptors (Lipinski definition) is 3. The Bertz CT molecular complexity index is 457. The predicted molar refractivity (Wildman–Crippen MR) is 85.6 cm³/mol. The molecule has 1 saturated heterocycles. The van der Waals surface area contributed by atoms with Crippen molar-refractivity contribution in [1.82, 2.24) is 5.32 Å². The molecule has 0 bridgehead atoms. The van der Waals surface area contributed by atoms with E-state index in [2.05, 4.69) is 43.5 Å². The molecule has 1 amide bonds. The van der Waals surface area contributed by atoms with Gasteiger partial charge in [-0.05, 0) is 36.0 Å². The van der Waals surface area contributed by atoms with Crippen molar-refractivity contribution in [3.8, 4) is 0 Å². The van der Waals surface area contributed by atoms with Gasteiger partial charge in [0.15, 0.2) is 0 Å². The standard InChI is InChI=1S/C17H26N2O2/c1-17(2,3)13-4-6-14(7-5-13)18-12-16(20)19-15-8-10-21-11-9-15/h4-7,15,18H,8-12H2,1-3H3,(H,19,20). The van der Waals surface area contributed by atoms with E-state index in [1.807, 2.05) is 12.1 Å². The quantitative estimate of drug-likeness (QED) is 0.896. The van der Waals surface area contributed by atoms with Gasteiger partial charge < -0.3 is 15.4 Å². The molecule has 0 spiro atoms. The van der Waals surface area contributed by atoms with Gasteiger partial charge in [0.2, 0.25) is 5.91 Å². The van der Waals surface area contributed by atoms with Crippen LogP contribution < -0.4 is 10.6 Å². The van der Waals surface area contributed by atoms with E-state index in [0.717, 1.165) is 31.7 Å². The van der Waals surface area contributed by atoms with Gasteiger partial charge in [-0.1, -0.05) is 32.9 Å². The predicted octanol–water partition coefficient (Wildman–Crippen LogP) is 2.69. The van der Waals surface area contributed by atoms with Crippen LogP contribution in [0.4, 0.5) is 5.69 Å². The molecule has 0 saturated carbocycles. The second-order valence-corrected chi connectivity index (χ2v) is 6.64. The van der Waals surface area contributed by atoms with Gasteiger partial charge in [0.25, 0.3) is 0 Å². The lowest BCUT2D eigenvalue weighted by Crippen LogP contribution is -2.41. The minimum Gasteiger partial charge on any atom is -0.381 e. The molecule has 1 aromatic carbocycles. The summed E-state index contributed by atoms with van der Waals surface area (Å²) in [5, 5.41) is 6.21. The highest BCUT2D eigenvalue weighted by Gasteiger charge is 2.16. The molecular formula is C17H26N2O2. The number of anilines is 1. The molecule has 1 aliphatic rings. The average Bonchev–Trinajstić information content (AvgIpc) is 2.46. The maximum Gasteiger partial charge on any atom is 0.239 e. The topological polar surface area (TPSA) is 50.4 Å². The lowest BCUT2D eigenvalue weighted by Gasteiger charge is -2.23. The molecule has 1 fully saturated rings. The smallest absolute Gasteiger partial charge is 0.239 e. The van der Waals surface area contributed by atoms with Crippen LogP contribution in [-0.2, 0) is 14.9 Å². The Balaban J connectivity index is 1.78. The number of carbonyl (C=O) groups is 1. The summed E-state index contributed by atoms with van der Waals surface area (Å²) in [5.41, 5.74) is 2.42. The summed E-state index contributed by atoms with van der Waals surface area (Å²) >= 11 is 0. The third-order valence-corrected chi connectivity index (χ3v) is 3.79. The van der Waals surface area contributed by atoms with Crippen LogP contribution in [0.2, 0.25) is 0 Å². The summed E-state index contributed by atoms with van der Waals surface area (Å²) in [6.45, 7) is 8.37. The molecule has 2 rings (SSSR count). The first-order chi connectivity index (χ1) is 9.95. The van der Waals surface area contributed by atoms with Crippen molar-refractivity contribution in [2.45, 2.75) is 45.1 Å². The summed E-state index contributed by atoms with van der Waals surface area (Å²) in [6.07, 6.45) is 1.82. The Morgan fingerprint density at radius 2 is 1.81 bits per heavy atom. The van der Waals surface area contributed by atoms with Crippen molar-refractivity contribution in [3.05, 3.63) is 29.8 Å². The van der Waals surface area contributed by atoms with E-state index >= 15 is 0 Å². The second-order valence-electron chi connectivity index (χ2n) is 6.64. The zero-order valence-corrected chi connectivity index (χ0v) is 13.2. The van der Waals surface area contributed by atoms with Gasteiger partial charge in [-0.15, -0.1) is 0 Å². The normalized spacial score (nSPS) is 16.5. The number of benzene rings is 1. The molecule has 0 atom stereocenters. The minimum absolute atomic E-state index is 0.0433. The highest BCUT2D eigenvalue weighted by Crippen LogP contribution is 2.23. The van der Waals surface area contributed by atoms with Crippen molar-refractivity contribution in [2.24, 2.45) is 0 Å². The van der Waals surface area contributed by atoms with E-state index in [1.54, 1.807) is 0 Å². The third-order valence-electron chi connectivity index (χ3n) is 3.79. The zero-order chi connectivity index (χ0) is 15.3. The van der Waals surface area contributed by atoms with E-state index in [9.17, 15) is 4.79 Å². The summed E-state index contributed by atoms with van der Waals surface area (Å²) in [4.78, 5) is 11.9. The van der Waals surface area contributed by atoms with E-state index in [1.165, 1.54) is 5.56 Å². The van der Waals surface area contributed by atoms with Crippen LogP contribution in [0, 0.1) is 0 Å². The number of amides is 1. The van der Waals surface area contributed by atoms with Crippen LogP contribution in [0.3, 0.4) is 0 Å². The number of hydrogen-bond donors (Lipinski definition) is 2. The van der Waals surface area contributed by atoms with Gasteiger partial charge in [-0.25, -0.2) is 0 Å². The molecule has 1 heterocycles. The Labute approximate surface area is 127 Å². The van der Waals surface area contributed by atoms with Gasteiger partial charge >= 0.3 is 0 Å². The van der Waals surface area contributed by atoms with Gasteiger partial charge in [-0.2, -0.15) is 0 Å². The van der Waals surface area contributed by atoms with E-state index < -0.39 is 0 Å². The molecule has 0 radical (unpaired) electrons. The Hall–Kier alpha value is -1.55. The number of carbonyl (C=O) groups excluding carboxylic acids is 1. The van der Waals surface area contributed by atoms with Crippen LogP contribution in [0.5, 0.6) is 0 Å². The van der Waals surface area contributed by atoms with E-state index in [4.69, 9.17) is 4.74 Å². The van der Waals surface area contributed by atoms with Crippen LogP contribution in [0.1, 0.15) is 39.2 Å². The zero-order valence-electron chi connectivity index (χ0n) is 13.2. The molecule has 2 N–H and O–H groups in total. The largest absolute Gasteiger partial charge is 0.381 e. The van der Waals surface area contributed by atoms with Crippen molar-refractivity contribution < 1.29 is 9.53 Å². The summed E-state index contributed by atoms with van der Waals surface area (Å²) in [7, 11) is 0. The summed E-state index contributed by atoms with van der Waals surface area (Å²) in [5.74, 6) is 0.0433. The molecule has 21 heavy (non-hydrogen) atoms. The summed E-state index contributed by atoms with van der Waals surface area (Å²) < 4.78 is 5.28. The van der Waals surface area contributed by atoms with Gasteiger partial charge in [0.05, 0.1) is 6.54 Å². The monoisotopic (exact) mass is 290 g/mol. The van der Waals surface area contributed by atoms with Crippen molar-refractivity contribution in [1.29, 1.82) is 0 Å². The van der Waals surface area contributed by atoms with Crippen LogP contribution in [-0.4, -0.2) is 31.7 Å². The van der Waals surface area contributed by atoms with Gasteiger partial charge in [0, 0.05) is 24.9 Å². The average molecular weight is 290 g/mol. The Kier molecular flexibility index (Phi) is 5.23. The van der Waals surface area contributed by atoms with E-state index in [-0.39, 0.29) is 17.4 Å². The lowest BCUT2D eigenvalue weighted by molar-refractivity contribution is -0.120. The fourth-order valence-corrected chi connectivity index (χ4v) is 2.39. The maximum atomic E-state index is 11.9. The highest BCUT2D eigenvalue weighted by molar-refractivity contribution is 5.81. The molecule has 0 aromatic heterocycles. The lowest BCUT2D eigenvalue weighted by atomic mass is 9.87. The summed E-state index contributed by atoms with van der Waals surface area (Å²) in [6, 6.07) is 8.54. The highest BCUT2D eigenvalue weighted by atomic mass is 16.5. The number of ether oxygens (including phenoxy) is 1. The first-order valence-electron chi connectivity index (χ1n) is 7.67. The minimum atomic E-state index is 0.0433. The van der Waals surface area contributed by atoms with E-state index in [0.29, 0.717) is 6.54 Å². The van der Waals surface area contributed by atoms with Crippen molar-refractivity contribution >= 4 is 11.6 Å². The van der Waals surface area contributed by atoms with Crippen LogP contribution >= 0.6 is 0 Å².